The van der Waals surface area contributed by atoms with Crippen LogP contribution in [0.3, 0.4) is 0 Å². The van der Waals surface area contributed by atoms with Crippen LogP contribution in [0, 0.1) is 0 Å². The van der Waals surface area contributed by atoms with E-state index >= 15 is 0 Å². The van der Waals surface area contributed by atoms with Crippen molar-refractivity contribution in [3.05, 3.63) is 65.5 Å². The molecule has 2 aromatic carbocycles. The fourth-order valence-electron chi connectivity index (χ4n) is 1.96. The van der Waals surface area contributed by atoms with Gasteiger partial charge >= 0.3 is 5.97 Å². The molecule has 0 aliphatic heterocycles. The average molecular weight is 361 g/mol. The SMILES string of the molecule is O=C(OCCSc1ccc(Cl)cc1)c1ccc(-c2nnco2)cc1. The zero-order valence-electron chi connectivity index (χ0n) is 12.5. The van der Waals surface area contributed by atoms with Gasteiger partial charge in [0.05, 0.1) is 5.56 Å². The summed E-state index contributed by atoms with van der Waals surface area (Å²) in [6, 6.07) is 14.4. The topological polar surface area (TPSA) is 65.2 Å². The van der Waals surface area contributed by atoms with Gasteiger partial charge in [0.15, 0.2) is 0 Å². The summed E-state index contributed by atoms with van der Waals surface area (Å²) in [7, 11) is 0. The molecular formula is C17H13ClN2O3S. The minimum atomic E-state index is -0.358. The van der Waals surface area contributed by atoms with Gasteiger partial charge in [-0.15, -0.1) is 22.0 Å². The van der Waals surface area contributed by atoms with Gasteiger partial charge in [-0.3, -0.25) is 0 Å². The molecule has 7 heteroatoms. The van der Waals surface area contributed by atoms with E-state index in [1.807, 2.05) is 24.3 Å². The summed E-state index contributed by atoms with van der Waals surface area (Å²) < 4.78 is 10.4. The van der Waals surface area contributed by atoms with Gasteiger partial charge < -0.3 is 9.15 Å². The highest BCUT2D eigenvalue weighted by molar-refractivity contribution is 7.99. The first-order valence-electron chi connectivity index (χ1n) is 7.14. The van der Waals surface area contributed by atoms with Gasteiger partial charge in [0.1, 0.15) is 6.61 Å². The number of esters is 1. The zero-order valence-corrected chi connectivity index (χ0v) is 14.1. The van der Waals surface area contributed by atoms with Crippen molar-refractivity contribution < 1.29 is 13.9 Å². The van der Waals surface area contributed by atoms with Gasteiger partial charge in [-0.25, -0.2) is 4.79 Å². The number of thioether (sulfide) groups is 1. The molecule has 3 rings (SSSR count). The zero-order chi connectivity index (χ0) is 16.8. The largest absolute Gasteiger partial charge is 0.461 e. The quantitative estimate of drug-likeness (QED) is 0.370. The maximum atomic E-state index is 12.0. The number of aromatic nitrogens is 2. The number of benzene rings is 2. The molecule has 0 spiro atoms. The Morgan fingerprint density at radius 2 is 1.88 bits per heavy atom. The highest BCUT2D eigenvalue weighted by Crippen LogP contribution is 2.20. The van der Waals surface area contributed by atoms with E-state index in [2.05, 4.69) is 10.2 Å². The van der Waals surface area contributed by atoms with Crippen molar-refractivity contribution in [3.63, 3.8) is 0 Å². The lowest BCUT2D eigenvalue weighted by Crippen LogP contribution is -2.07. The highest BCUT2D eigenvalue weighted by atomic mass is 35.5. The standard InChI is InChI=1S/C17H13ClN2O3S/c18-14-5-7-15(8-6-14)24-10-9-22-17(21)13-3-1-12(2-4-13)16-20-19-11-23-16/h1-8,11H,9-10H2. The van der Waals surface area contributed by atoms with Crippen LogP contribution in [-0.2, 0) is 4.74 Å². The number of hydrogen-bond acceptors (Lipinski definition) is 6. The molecule has 1 heterocycles. The predicted octanol–water partition coefficient (Wildman–Crippen LogP) is 4.34. The van der Waals surface area contributed by atoms with E-state index in [4.69, 9.17) is 20.8 Å². The molecule has 0 aliphatic rings. The van der Waals surface area contributed by atoms with E-state index in [1.54, 1.807) is 36.0 Å². The number of halogens is 1. The molecule has 1 aromatic heterocycles. The van der Waals surface area contributed by atoms with Crippen molar-refractivity contribution in [2.45, 2.75) is 4.90 Å². The molecule has 0 aliphatic carbocycles. The third kappa shape index (κ3) is 4.37. The van der Waals surface area contributed by atoms with Crippen LogP contribution in [0.1, 0.15) is 10.4 Å². The molecule has 0 unspecified atom stereocenters. The van der Waals surface area contributed by atoms with Gasteiger partial charge in [-0.05, 0) is 48.5 Å². The Morgan fingerprint density at radius 1 is 1.12 bits per heavy atom. The summed E-state index contributed by atoms with van der Waals surface area (Å²) in [4.78, 5) is 13.1. The van der Waals surface area contributed by atoms with Crippen molar-refractivity contribution >= 4 is 29.3 Å². The Balaban J connectivity index is 1.47. The Kier molecular flexibility index (Phi) is 5.51. The molecule has 0 N–H and O–H groups in total. The van der Waals surface area contributed by atoms with Crippen LogP contribution in [0.15, 0.2) is 64.2 Å². The molecule has 3 aromatic rings. The molecular weight excluding hydrogens is 348 g/mol. The molecule has 0 fully saturated rings. The van der Waals surface area contributed by atoms with E-state index in [1.165, 1.54) is 6.39 Å². The normalized spacial score (nSPS) is 10.5. The Morgan fingerprint density at radius 3 is 2.54 bits per heavy atom. The molecule has 0 radical (unpaired) electrons. The number of hydrogen-bond donors (Lipinski definition) is 0. The number of nitrogens with zero attached hydrogens (tertiary/aromatic N) is 2. The van der Waals surface area contributed by atoms with E-state index in [9.17, 15) is 4.79 Å². The van der Waals surface area contributed by atoms with E-state index in [-0.39, 0.29) is 5.97 Å². The second-order valence-corrected chi connectivity index (χ2v) is 6.36. The maximum absolute atomic E-state index is 12.0. The van der Waals surface area contributed by atoms with Gasteiger partial charge in [0.2, 0.25) is 12.3 Å². The predicted molar refractivity (Wildman–Crippen MR) is 92.2 cm³/mol. The van der Waals surface area contributed by atoms with Crippen LogP contribution in [0.5, 0.6) is 0 Å². The Hall–Kier alpha value is -2.31. The lowest BCUT2D eigenvalue weighted by molar-refractivity contribution is 0.0530. The molecule has 122 valence electrons. The lowest BCUT2D eigenvalue weighted by Gasteiger charge is -2.05. The summed E-state index contributed by atoms with van der Waals surface area (Å²) in [5.41, 5.74) is 1.23. The van der Waals surface area contributed by atoms with Crippen molar-refractivity contribution in [1.82, 2.24) is 10.2 Å². The number of carbonyl (C=O) groups excluding carboxylic acids is 1. The van der Waals surface area contributed by atoms with Crippen LogP contribution in [0.2, 0.25) is 5.02 Å². The van der Waals surface area contributed by atoms with E-state index in [0.29, 0.717) is 28.8 Å². The van der Waals surface area contributed by atoms with Crippen LogP contribution < -0.4 is 0 Å². The van der Waals surface area contributed by atoms with E-state index in [0.717, 1.165) is 10.5 Å². The average Bonchev–Trinajstić information content (AvgIpc) is 3.15. The molecule has 0 atom stereocenters. The van der Waals surface area contributed by atoms with Gasteiger partial charge in [0, 0.05) is 21.2 Å². The smallest absolute Gasteiger partial charge is 0.338 e. The van der Waals surface area contributed by atoms with Crippen LogP contribution >= 0.6 is 23.4 Å². The molecule has 24 heavy (non-hydrogen) atoms. The second-order valence-electron chi connectivity index (χ2n) is 4.76. The summed E-state index contributed by atoms with van der Waals surface area (Å²) in [5, 5.41) is 8.13. The van der Waals surface area contributed by atoms with Crippen LogP contribution in [0.25, 0.3) is 11.5 Å². The van der Waals surface area contributed by atoms with Crippen molar-refractivity contribution in [3.8, 4) is 11.5 Å². The van der Waals surface area contributed by atoms with Crippen LogP contribution in [-0.4, -0.2) is 28.5 Å². The first-order chi connectivity index (χ1) is 11.7. The minimum Gasteiger partial charge on any atom is -0.461 e. The fraction of sp³-hybridized carbons (Fsp3) is 0.118. The summed E-state index contributed by atoms with van der Waals surface area (Å²) in [6.45, 7) is 0.331. The van der Waals surface area contributed by atoms with E-state index < -0.39 is 0 Å². The summed E-state index contributed by atoms with van der Waals surface area (Å²) in [6.07, 6.45) is 1.26. The molecule has 0 saturated heterocycles. The molecule has 0 bridgehead atoms. The van der Waals surface area contributed by atoms with Crippen molar-refractivity contribution in [2.75, 3.05) is 12.4 Å². The third-order valence-electron chi connectivity index (χ3n) is 3.13. The maximum Gasteiger partial charge on any atom is 0.338 e. The third-order valence-corrected chi connectivity index (χ3v) is 4.35. The van der Waals surface area contributed by atoms with Crippen LogP contribution in [0.4, 0.5) is 0 Å². The van der Waals surface area contributed by atoms with Gasteiger partial charge in [0.25, 0.3) is 0 Å². The Bertz CT molecular complexity index is 790. The number of ether oxygens (including phenoxy) is 1. The molecule has 0 saturated carbocycles. The minimum absolute atomic E-state index is 0.331. The summed E-state index contributed by atoms with van der Waals surface area (Å²) in [5.74, 6) is 0.728. The molecule has 0 amide bonds. The second kappa shape index (κ2) is 7.99. The Labute approximate surface area is 148 Å². The fourth-order valence-corrected chi connectivity index (χ4v) is 2.81. The number of carbonyl (C=O) groups is 1. The summed E-state index contributed by atoms with van der Waals surface area (Å²) >= 11 is 7.44. The number of rotatable bonds is 6. The first kappa shape index (κ1) is 16.5. The van der Waals surface area contributed by atoms with Gasteiger partial charge in [-0.1, -0.05) is 11.6 Å². The van der Waals surface area contributed by atoms with Crippen molar-refractivity contribution in [1.29, 1.82) is 0 Å². The first-order valence-corrected chi connectivity index (χ1v) is 8.51. The van der Waals surface area contributed by atoms with Crippen molar-refractivity contribution in [2.24, 2.45) is 0 Å². The highest BCUT2D eigenvalue weighted by Gasteiger charge is 2.09. The molecule has 5 nitrogen and oxygen atoms in total. The lowest BCUT2D eigenvalue weighted by atomic mass is 10.1. The monoisotopic (exact) mass is 360 g/mol. The van der Waals surface area contributed by atoms with Gasteiger partial charge in [-0.2, -0.15) is 0 Å².